The third-order valence-electron chi connectivity index (χ3n) is 2.19. The summed E-state index contributed by atoms with van der Waals surface area (Å²) < 4.78 is 1.03. The van der Waals surface area contributed by atoms with Crippen molar-refractivity contribution in [3.8, 4) is 0 Å². The van der Waals surface area contributed by atoms with Crippen LogP contribution in [0.15, 0.2) is 28.7 Å². The molecule has 72 valence electrons. The normalized spacial score (nSPS) is 10.8. The van der Waals surface area contributed by atoms with E-state index in [0.29, 0.717) is 5.15 Å². The molecule has 0 N–H and O–H groups in total. The van der Waals surface area contributed by atoms with Gasteiger partial charge in [0.25, 0.3) is 0 Å². The number of halogens is 2. The number of pyridine rings is 1. The van der Waals surface area contributed by atoms with Gasteiger partial charge in [-0.15, -0.1) is 0 Å². The SMILES string of the molecule is CCc1cc2ccc(Br)cc2nc1Cl. The summed E-state index contributed by atoms with van der Waals surface area (Å²) in [5.41, 5.74) is 2.03. The van der Waals surface area contributed by atoms with E-state index in [4.69, 9.17) is 11.6 Å². The third-order valence-corrected chi connectivity index (χ3v) is 3.01. The van der Waals surface area contributed by atoms with Crippen LogP contribution in [0.5, 0.6) is 0 Å². The zero-order valence-corrected chi connectivity index (χ0v) is 10.1. The van der Waals surface area contributed by atoms with E-state index in [1.54, 1.807) is 0 Å². The molecule has 2 aromatic rings. The molecule has 0 spiro atoms. The van der Waals surface area contributed by atoms with Crippen LogP contribution in [-0.2, 0) is 6.42 Å². The van der Waals surface area contributed by atoms with Crippen LogP contribution in [-0.4, -0.2) is 4.98 Å². The van der Waals surface area contributed by atoms with Crippen molar-refractivity contribution in [3.05, 3.63) is 39.5 Å². The highest BCUT2D eigenvalue weighted by Gasteiger charge is 2.03. The molecule has 0 fully saturated rings. The van der Waals surface area contributed by atoms with Gasteiger partial charge in [-0.05, 0) is 30.2 Å². The van der Waals surface area contributed by atoms with Gasteiger partial charge in [-0.25, -0.2) is 4.98 Å². The standard InChI is InChI=1S/C11H9BrClN/c1-2-7-5-8-3-4-9(12)6-10(8)14-11(7)13/h3-6H,2H2,1H3. The summed E-state index contributed by atoms with van der Waals surface area (Å²) in [7, 11) is 0. The van der Waals surface area contributed by atoms with Crippen LogP contribution >= 0.6 is 27.5 Å². The Bertz CT molecular complexity index is 482. The molecule has 0 aliphatic carbocycles. The molecule has 14 heavy (non-hydrogen) atoms. The van der Waals surface area contributed by atoms with E-state index in [9.17, 15) is 0 Å². The second kappa shape index (κ2) is 3.87. The minimum atomic E-state index is 0.609. The molecule has 3 heteroatoms. The predicted octanol–water partition coefficient (Wildman–Crippen LogP) is 4.21. The monoisotopic (exact) mass is 269 g/mol. The Hall–Kier alpha value is -0.600. The van der Waals surface area contributed by atoms with Gasteiger partial charge >= 0.3 is 0 Å². The lowest BCUT2D eigenvalue weighted by molar-refractivity contribution is 1.12. The van der Waals surface area contributed by atoms with Gasteiger partial charge in [0, 0.05) is 9.86 Å². The van der Waals surface area contributed by atoms with Gasteiger partial charge in [0.1, 0.15) is 5.15 Å². The molecule has 0 aliphatic heterocycles. The first-order valence-corrected chi connectivity index (χ1v) is 5.62. The van der Waals surface area contributed by atoms with Gasteiger partial charge in [0.15, 0.2) is 0 Å². The van der Waals surface area contributed by atoms with Crippen molar-refractivity contribution in [2.75, 3.05) is 0 Å². The summed E-state index contributed by atoms with van der Waals surface area (Å²) in [6.07, 6.45) is 0.915. The Morgan fingerprint density at radius 2 is 2.14 bits per heavy atom. The maximum atomic E-state index is 6.03. The molecule has 2 rings (SSSR count). The van der Waals surface area contributed by atoms with Gasteiger partial charge < -0.3 is 0 Å². The summed E-state index contributed by atoms with van der Waals surface area (Å²) in [6, 6.07) is 8.12. The van der Waals surface area contributed by atoms with E-state index in [1.165, 1.54) is 0 Å². The molecule has 1 nitrogen and oxygen atoms in total. The van der Waals surface area contributed by atoms with Gasteiger partial charge in [0.2, 0.25) is 0 Å². The summed E-state index contributed by atoms with van der Waals surface area (Å²) >= 11 is 9.44. The van der Waals surface area contributed by atoms with Crippen molar-refractivity contribution in [3.63, 3.8) is 0 Å². The lowest BCUT2D eigenvalue weighted by atomic mass is 10.1. The van der Waals surface area contributed by atoms with Crippen LogP contribution in [0.2, 0.25) is 5.15 Å². The number of nitrogens with zero attached hydrogens (tertiary/aromatic N) is 1. The fraction of sp³-hybridized carbons (Fsp3) is 0.182. The highest BCUT2D eigenvalue weighted by atomic mass is 79.9. The Morgan fingerprint density at radius 1 is 1.36 bits per heavy atom. The minimum Gasteiger partial charge on any atom is -0.236 e. The van der Waals surface area contributed by atoms with E-state index in [2.05, 4.69) is 33.9 Å². The van der Waals surface area contributed by atoms with Crippen LogP contribution in [0.3, 0.4) is 0 Å². The maximum absolute atomic E-state index is 6.03. The Kier molecular flexibility index (Phi) is 2.75. The molecule has 1 aromatic heterocycles. The molecule has 0 amide bonds. The van der Waals surface area contributed by atoms with Crippen LogP contribution in [0.25, 0.3) is 10.9 Å². The fourth-order valence-corrected chi connectivity index (χ4v) is 2.04. The first kappa shape index (κ1) is 9.94. The number of aryl methyl sites for hydroxylation is 1. The van der Waals surface area contributed by atoms with Gasteiger partial charge in [-0.2, -0.15) is 0 Å². The molecule has 1 aromatic carbocycles. The third kappa shape index (κ3) is 1.77. The molecule has 0 atom stereocenters. The van der Waals surface area contributed by atoms with Crippen molar-refractivity contribution in [2.45, 2.75) is 13.3 Å². The summed E-state index contributed by atoms with van der Waals surface area (Å²) in [4.78, 5) is 4.34. The molecule has 0 radical (unpaired) electrons. The average Bonchev–Trinajstić information content (AvgIpc) is 2.16. The smallest absolute Gasteiger partial charge is 0.132 e. The highest BCUT2D eigenvalue weighted by Crippen LogP contribution is 2.23. The van der Waals surface area contributed by atoms with Crippen LogP contribution < -0.4 is 0 Å². The Balaban J connectivity index is 2.73. The lowest BCUT2D eigenvalue weighted by Crippen LogP contribution is -1.87. The first-order chi connectivity index (χ1) is 6.70. The van der Waals surface area contributed by atoms with Crippen molar-refractivity contribution < 1.29 is 0 Å². The largest absolute Gasteiger partial charge is 0.236 e. The lowest BCUT2D eigenvalue weighted by Gasteiger charge is -2.03. The van der Waals surface area contributed by atoms with E-state index in [0.717, 1.165) is 27.4 Å². The molecule has 0 unspecified atom stereocenters. The zero-order chi connectivity index (χ0) is 10.1. The zero-order valence-electron chi connectivity index (χ0n) is 7.72. The number of rotatable bonds is 1. The van der Waals surface area contributed by atoms with Crippen LogP contribution in [0.1, 0.15) is 12.5 Å². The Labute approximate surface area is 96.2 Å². The number of aromatic nitrogens is 1. The van der Waals surface area contributed by atoms with E-state index < -0.39 is 0 Å². The average molecular weight is 271 g/mol. The predicted molar refractivity (Wildman–Crippen MR) is 63.8 cm³/mol. The summed E-state index contributed by atoms with van der Waals surface area (Å²) in [5.74, 6) is 0. The molecule has 1 heterocycles. The van der Waals surface area contributed by atoms with Crippen molar-refractivity contribution in [1.82, 2.24) is 4.98 Å². The van der Waals surface area contributed by atoms with Gasteiger partial charge in [-0.1, -0.05) is 40.5 Å². The second-order valence-electron chi connectivity index (χ2n) is 3.13. The number of benzene rings is 1. The molecule has 0 bridgehead atoms. The quantitative estimate of drug-likeness (QED) is 0.707. The van der Waals surface area contributed by atoms with Crippen molar-refractivity contribution in [1.29, 1.82) is 0 Å². The number of hydrogen-bond acceptors (Lipinski definition) is 1. The number of hydrogen-bond donors (Lipinski definition) is 0. The maximum Gasteiger partial charge on any atom is 0.132 e. The summed E-state index contributed by atoms with van der Waals surface area (Å²) in [5, 5.41) is 1.74. The molecule has 0 aliphatic rings. The fourth-order valence-electron chi connectivity index (χ4n) is 1.41. The second-order valence-corrected chi connectivity index (χ2v) is 4.40. The topological polar surface area (TPSA) is 12.9 Å². The van der Waals surface area contributed by atoms with Crippen molar-refractivity contribution >= 4 is 38.4 Å². The highest BCUT2D eigenvalue weighted by molar-refractivity contribution is 9.10. The van der Waals surface area contributed by atoms with Crippen LogP contribution in [0.4, 0.5) is 0 Å². The van der Waals surface area contributed by atoms with Gasteiger partial charge in [0.05, 0.1) is 5.52 Å². The summed E-state index contributed by atoms with van der Waals surface area (Å²) in [6.45, 7) is 2.08. The number of fused-ring (bicyclic) bond motifs is 1. The molecule has 0 saturated carbocycles. The van der Waals surface area contributed by atoms with E-state index in [-0.39, 0.29) is 0 Å². The van der Waals surface area contributed by atoms with Crippen molar-refractivity contribution in [2.24, 2.45) is 0 Å². The molecular formula is C11H9BrClN. The molecule has 0 saturated heterocycles. The van der Waals surface area contributed by atoms with E-state index >= 15 is 0 Å². The van der Waals surface area contributed by atoms with Crippen LogP contribution in [0, 0.1) is 0 Å². The first-order valence-electron chi connectivity index (χ1n) is 4.45. The minimum absolute atomic E-state index is 0.609. The molecular weight excluding hydrogens is 261 g/mol. The Morgan fingerprint density at radius 3 is 2.86 bits per heavy atom. The van der Waals surface area contributed by atoms with E-state index in [1.807, 2.05) is 18.2 Å². The van der Waals surface area contributed by atoms with Gasteiger partial charge in [-0.3, -0.25) is 0 Å².